The van der Waals surface area contributed by atoms with E-state index in [1.54, 1.807) is 6.92 Å². The number of nitrogens with one attached hydrogen (secondary N) is 1. The van der Waals surface area contributed by atoms with Gasteiger partial charge >= 0.3 is 5.97 Å². The Morgan fingerprint density at radius 3 is 2.58 bits per heavy atom. The van der Waals surface area contributed by atoms with E-state index in [9.17, 15) is 4.79 Å². The lowest BCUT2D eigenvalue weighted by Gasteiger charge is -2.08. The molecule has 0 bridgehead atoms. The van der Waals surface area contributed by atoms with E-state index in [0.29, 0.717) is 24.6 Å². The summed E-state index contributed by atoms with van der Waals surface area (Å²) in [4.78, 5) is 20.3. The minimum Gasteiger partial charge on any atom is -0.462 e. The van der Waals surface area contributed by atoms with Gasteiger partial charge in [0.1, 0.15) is 0 Å². The number of aryl methyl sites for hydroxylation is 1. The highest BCUT2D eigenvalue weighted by Gasteiger charge is 2.22. The van der Waals surface area contributed by atoms with Crippen LogP contribution in [0.3, 0.4) is 0 Å². The summed E-state index contributed by atoms with van der Waals surface area (Å²) in [6.45, 7) is 6.60. The van der Waals surface area contributed by atoms with Crippen molar-refractivity contribution in [2.75, 3.05) is 19.0 Å². The van der Waals surface area contributed by atoms with Gasteiger partial charge in [0.2, 0.25) is 0 Å². The number of benzene rings is 1. The number of carbonyl (C=O) groups is 1. The Hall–Kier alpha value is -2.07. The number of ether oxygens (including phenoxy) is 1. The van der Waals surface area contributed by atoms with Gasteiger partial charge in [-0.15, -0.1) is 11.6 Å². The lowest BCUT2D eigenvalue weighted by Crippen LogP contribution is -2.09. The molecule has 1 N–H and O–H groups in total. The Morgan fingerprint density at radius 2 is 1.96 bits per heavy atom. The van der Waals surface area contributed by atoms with Crippen LogP contribution in [0.5, 0.6) is 0 Å². The molecule has 0 aliphatic heterocycles. The fourth-order valence-corrected chi connectivity index (χ4v) is 2.78. The van der Waals surface area contributed by atoms with Crippen LogP contribution in [-0.2, 0) is 4.74 Å². The van der Waals surface area contributed by atoms with Crippen LogP contribution in [0, 0.1) is 13.8 Å². The highest BCUT2D eigenvalue weighted by molar-refractivity contribution is 6.18. The van der Waals surface area contributed by atoms with E-state index in [-0.39, 0.29) is 5.97 Å². The summed E-state index contributed by atoms with van der Waals surface area (Å²) in [5.74, 6) is 0.269. The standard InChI is InChI=1S/C19H23ClN2O2/c1-4-24-19(23)16-13(2)17(22-14(16)3)18(21-12-8-11-20)15-9-6-5-7-10-15/h5-7,9-10,22H,4,8,11-12H2,1-3H3. The van der Waals surface area contributed by atoms with Crippen molar-refractivity contribution in [1.29, 1.82) is 0 Å². The number of H-pyrrole nitrogens is 1. The maximum Gasteiger partial charge on any atom is 0.340 e. The number of rotatable bonds is 7. The number of nitrogens with zero attached hydrogens (tertiary/aromatic N) is 1. The SMILES string of the molecule is CCOC(=O)c1c(C)[nH]c(C(=NCCCCl)c2ccccc2)c1C. The largest absolute Gasteiger partial charge is 0.462 e. The molecular weight excluding hydrogens is 324 g/mol. The third-order valence-corrected chi connectivity index (χ3v) is 4.03. The second-order valence-corrected chi connectivity index (χ2v) is 5.86. The van der Waals surface area contributed by atoms with Crippen molar-refractivity contribution in [2.24, 2.45) is 4.99 Å². The van der Waals surface area contributed by atoms with E-state index in [0.717, 1.165) is 34.6 Å². The first-order valence-electron chi connectivity index (χ1n) is 8.12. The van der Waals surface area contributed by atoms with E-state index >= 15 is 0 Å². The van der Waals surface area contributed by atoms with Crippen LogP contribution in [0.2, 0.25) is 0 Å². The van der Waals surface area contributed by atoms with Gasteiger partial charge in [-0.25, -0.2) is 4.79 Å². The Labute approximate surface area is 147 Å². The van der Waals surface area contributed by atoms with Crippen molar-refractivity contribution < 1.29 is 9.53 Å². The predicted octanol–water partition coefficient (Wildman–Crippen LogP) is 4.27. The first-order valence-corrected chi connectivity index (χ1v) is 8.66. The fraction of sp³-hybridized carbons (Fsp3) is 0.368. The molecule has 128 valence electrons. The van der Waals surface area contributed by atoms with Crippen LogP contribution in [0.4, 0.5) is 0 Å². The lowest BCUT2D eigenvalue weighted by atomic mass is 10.0. The Bertz CT molecular complexity index is 720. The maximum atomic E-state index is 12.2. The topological polar surface area (TPSA) is 54.5 Å². The molecule has 4 nitrogen and oxygen atoms in total. The van der Waals surface area contributed by atoms with Crippen LogP contribution < -0.4 is 0 Å². The van der Waals surface area contributed by atoms with Crippen LogP contribution in [0.1, 0.15) is 46.2 Å². The Balaban J connectivity index is 2.49. The zero-order valence-corrected chi connectivity index (χ0v) is 15.1. The highest BCUT2D eigenvalue weighted by atomic mass is 35.5. The van der Waals surface area contributed by atoms with Gasteiger partial charge in [-0.05, 0) is 32.8 Å². The molecule has 0 atom stereocenters. The zero-order chi connectivity index (χ0) is 17.5. The lowest BCUT2D eigenvalue weighted by molar-refractivity contribution is 0.0525. The molecule has 5 heteroatoms. The van der Waals surface area contributed by atoms with E-state index in [1.165, 1.54) is 0 Å². The van der Waals surface area contributed by atoms with Crippen LogP contribution in [0.25, 0.3) is 0 Å². The maximum absolute atomic E-state index is 12.2. The van der Waals surface area contributed by atoms with Gasteiger partial charge in [0.05, 0.1) is 23.6 Å². The molecule has 0 aliphatic carbocycles. The molecule has 0 fully saturated rings. The number of aromatic amines is 1. The van der Waals surface area contributed by atoms with Crippen LogP contribution >= 0.6 is 11.6 Å². The van der Waals surface area contributed by atoms with Crippen LogP contribution in [-0.4, -0.2) is 35.7 Å². The number of aromatic nitrogens is 1. The number of carbonyl (C=O) groups excluding carboxylic acids is 1. The minimum absolute atomic E-state index is 0.303. The molecule has 0 aliphatic rings. The normalized spacial score (nSPS) is 11.6. The second kappa shape index (κ2) is 8.69. The molecule has 0 unspecified atom stereocenters. The number of hydrogen-bond donors (Lipinski definition) is 1. The quantitative estimate of drug-likeness (QED) is 0.352. The number of aliphatic imine (C=N–C) groups is 1. The van der Waals surface area contributed by atoms with Gasteiger partial charge in [0.25, 0.3) is 0 Å². The van der Waals surface area contributed by atoms with Crippen molar-refractivity contribution >= 4 is 23.3 Å². The average Bonchev–Trinajstić information content (AvgIpc) is 2.87. The predicted molar refractivity (Wildman–Crippen MR) is 98.5 cm³/mol. The molecule has 1 aromatic heterocycles. The smallest absolute Gasteiger partial charge is 0.340 e. The molecule has 0 radical (unpaired) electrons. The van der Waals surface area contributed by atoms with Gasteiger partial charge in [-0.1, -0.05) is 30.3 Å². The van der Waals surface area contributed by atoms with Gasteiger partial charge in [0, 0.05) is 23.7 Å². The Morgan fingerprint density at radius 1 is 1.25 bits per heavy atom. The molecule has 0 amide bonds. The first kappa shape index (κ1) is 18.3. The summed E-state index contributed by atoms with van der Waals surface area (Å²) in [7, 11) is 0. The summed E-state index contributed by atoms with van der Waals surface area (Å²) >= 11 is 5.78. The molecule has 2 aromatic rings. The molecule has 2 rings (SSSR count). The molecule has 24 heavy (non-hydrogen) atoms. The van der Waals surface area contributed by atoms with Crippen LogP contribution in [0.15, 0.2) is 35.3 Å². The Kier molecular flexibility index (Phi) is 6.62. The van der Waals surface area contributed by atoms with Crippen molar-refractivity contribution in [3.8, 4) is 0 Å². The first-order chi connectivity index (χ1) is 11.6. The minimum atomic E-state index is -0.303. The molecular formula is C19H23ClN2O2. The molecule has 0 spiro atoms. The molecule has 0 saturated heterocycles. The van der Waals surface area contributed by atoms with Crippen molar-refractivity contribution in [3.63, 3.8) is 0 Å². The summed E-state index contributed by atoms with van der Waals surface area (Å²) in [6, 6.07) is 9.95. The molecule has 1 heterocycles. The van der Waals surface area contributed by atoms with E-state index in [4.69, 9.17) is 21.3 Å². The van der Waals surface area contributed by atoms with E-state index in [2.05, 4.69) is 4.98 Å². The summed E-state index contributed by atoms with van der Waals surface area (Å²) in [5.41, 5.74) is 4.95. The third-order valence-electron chi connectivity index (χ3n) is 3.76. The number of esters is 1. The van der Waals surface area contributed by atoms with Crippen molar-refractivity contribution in [2.45, 2.75) is 27.2 Å². The van der Waals surface area contributed by atoms with Gasteiger partial charge in [-0.2, -0.15) is 0 Å². The van der Waals surface area contributed by atoms with Gasteiger partial charge in [0.15, 0.2) is 0 Å². The van der Waals surface area contributed by atoms with Crippen molar-refractivity contribution in [1.82, 2.24) is 4.98 Å². The molecule has 0 saturated carbocycles. The molecule has 1 aromatic carbocycles. The average molecular weight is 347 g/mol. The summed E-state index contributed by atoms with van der Waals surface area (Å²) in [6.07, 6.45) is 0.807. The van der Waals surface area contributed by atoms with E-state index < -0.39 is 0 Å². The fourth-order valence-electron chi connectivity index (χ4n) is 2.66. The van der Waals surface area contributed by atoms with Gasteiger partial charge < -0.3 is 9.72 Å². The number of halogens is 1. The summed E-state index contributed by atoms with van der Waals surface area (Å²) in [5, 5.41) is 0. The number of hydrogen-bond acceptors (Lipinski definition) is 3. The van der Waals surface area contributed by atoms with Gasteiger partial charge in [-0.3, -0.25) is 4.99 Å². The van der Waals surface area contributed by atoms with E-state index in [1.807, 2.05) is 44.2 Å². The monoisotopic (exact) mass is 346 g/mol. The summed E-state index contributed by atoms with van der Waals surface area (Å²) < 4.78 is 5.17. The van der Waals surface area contributed by atoms with Crippen molar-refractivity contribution in [3.05, 3.63) is 58.4 Å². The second-order valence-electron chi connectivity index (χ2n) is 5.48. The highest BCUT2D eigenvalue weighted by Crippen LogP contribution is 2.22. The number of alkyl halides is 1. The zero-order valence-electron chi connectivity index (χ0n) is 14.4. The third kappa shape index (κ3) is 4.06.